The van der Waals surface area contributed by atoms with Crippen LogP contribution in [-0.4, -0.2) is 31.1 Å². The van der Waals surface area contributed by atoms with Gasteiger partial charge in [0, 0.05) is 33.0 Å². The zero-order valence-corrected chi connectivity index (χ0v) is 21.8. The SMILES string of the molecule is O=C(Cl)c1cccnc1Cl.[2H]c1nc(Cl)c(N)c(C([2H])([2H])[2H])c1[2H].[2H]c1nc(Cl)c(NC(=O)c2cccnc2Cl)c(C([2H])([2H])[2H])c1[2H]. The lowest BCUT2D eigenvalue weighted by atomic mass is 10.2. The fourth-order valence-corrected chi connectivity index (χ4v) is 3.03. The van der Waals surface area contributed by atoms with Gasteiger partial charge in [-0.2, -0.15) is 0 Å². The summed E-state index contributed by atoms with van der Waals surface area (Å²) in [5, 5.41) is 1.12. The van der Waals surface area contributed by atoms with Gasteiger partial charge in [0.1, 0.15) is 10.3 Å². The average Bonchev–Trinajstić information content (AvgIpc) is 2.94. The lowest BCUT2D eigenvalue weighted by Crippen LogP contribution is -2.14. The number of hydrogen-bond donors (Lipinski definition) is 2. The number of aromatic nitrogens is 4. The van der Waals surface area contributed by atoms with Crippen molar-refractivity contribution in [2.24, 2.45) is 0 Å². The van der Waals surface area contributed by atoms with Crippen LogP contribution in [0.5, 0.6) is 0 Å². The Morgan fingerprint density at radius 3 is 1.89 bits per heavy atom. The molecule has 0 aliphatic rings. The van der Waals surface area contributed by atoms with Gasteiger partial charge in [-0.25, -0.2) is 19.9 Å². The van der Waals surface area contributed by atoms with Crippen LogP contribution in [-0.2, 0) is 0 Å². The summed E-state index contributed by atoms with van der Waals surface area (Å²) < 4.78 is 73.5. The van der Waals surface area contributed by atoms with Crippen LogP contribution in [0.3, 0.4) is 0 Å². The highest BCUT2D eigenvalue weighted by atomic mass is 35.5. The third kappa shape index (κ3) is 9.10. The van der Waals surface area contributed by atoms with Gasteiger partial charge in [0.05, 0.1) is 28.0 Å². The second kappa shape index (κ2) is 14.7. The van der Waals surface area contributed by atoms with Crippen molar-refractivity contribution in [1.29, 1.82) is 0 Å². The standard InChI is InChI=1S/C12H9Cl2N3O.C6H3Cl2NO.C6H7ClN2/c1-7-4-6-16-11(14)9(7)17-12(18)8-3-2-5-15-10(8)13;7-5-4(6(8)10)2-1-3-9-5;1-4-2-3-9-6(7)5(4)8/h2-6H,1H3,(H,17,18);1-3H;2-3H,8H2,1H3/i1D3,4D,6D;;1D3,2D,3D. The van der Waals surface area contributed by atoms with Crippen molar-refractivity contribution in [2.45, 2.75) is 13.7 Å². The first-order valence-electron chi connectivity index (χ1n) is 14.4. The summed E-state index contributed by atoms with van der Waals surface area (Å²) in [7, 11) is 0. The van der Waals surface area contributed by atoms with Crippen molar-refractivity contribution in [3.8, 4) is 0 Å². The molecule has 192 valence electrons. The minimum atomic E-state index is -2.76. The second-order valence-corrected chi connectivity index (χ2v) is 8.00. The molecule has 0 saturated heterocycles. The topological polar surface area (TPSA) is 124 Å². The van der Waals surface area contributed by atoms with Crippen LogP contribution < -0.4 is 11.1 Å². The Balaban J connectivity index is 0.000000271. The van der Waals surface area contributed by atoms with Gasteiger partial charge < -0.3 is 11.1 Å². The molecule has 13 heteroatoms. The number of anilines is 2. The van der Waals surface area contributed by atoms with E-state index in [4.69, 9.17) is 77.4 Å². The maximum atomic E-state index is 12.2. The highest BCUT2D eigenvalue weighted by Crippen LogP contribution is 2.24. The van der Waals surface area contributed by atoms with E-state index < -0.39 is 65.6 Å². The summed E-state index contributed by atoms with van der Waals surface area (Å²) in [5.74, 6) is -0.755. The van der Waals surface area contributed by atoms with Gasteiger partial charge in [-0.05, 0) is 72.8 Å². The summed E-state index contributed by atoms with van der Waals surface area (Å²) in [6.45, 7) is -5.32. The van der Waals surface area contributed by atoms with Crippen molar-refractivity contribution in [3.05, 3.63) is 104 Å². The number of halogens is 5. The van der Waals surface area contributed by atoms with Gasteiger partial charge in [-0.1, -0.05) is 46.4 Å². The molecule has 8 nitrogen and oxygen atoms in total. The molecule has 0 unspecified atom stereocenters. The fraction of sp³-hybridized carbons (Fsp3) is 0.0833. The van der Waals surface area contributed by atoms with Crippen molar-refractivity contribution in [1.82, 2.24) is 19.9 Å². The zero-order chi connectivity index (χ0) is 36.0. The smallest absolute Gasteiger partial charge is 0.258 e. The minimum Gasteiger partial charge on any atom is -0.396 e. The number of nitrogens with two attached hydrogens (primary N) is 1. The molecule has 0 atom stereocenters. The highest BCUT2D eigenvalue weighted by molar-refractivity contribution is 6.68. The summed E-state index contributed by atoms with van der Waals surface area (Å²) >= 11 is 27.8. The van der Waals surface area contributed by atoms with Gasteiger partial charge in [-0.3, -0.25) is 9.59 Å². The molecule has 0 aliphatic heterocycles. The first kappa shape index (κ1) is 18.3. The van der Waals surface area contributed by atoms with Gasteiger partial charge in [0.25, 0.3) is 11.1 Å². The van der Waals surface area contributed by atoms with E-state index >= 15 is 0 Å². The van der Waals surface area contributed by atoms with E-state index in [9.17, 15) is 9.59 Å². The maximum Gasteiger partial charge on any atom is 0.258 e. The zero-order valence-electron chi connectivity index (χ0n) is 28.0. The molecule has 4 aromatic heterocycles. The number of amides is 1. The predicted octanol–water partition coefficient (Wildman–Crippen LogP) is 7.08. The quantitative estimate of drug-likeness (QED) is 0.188. The summed E-state index contributed by atoms with van der Waals surface area (Å²) in [5.41, 5.74) is 4.05. The van der Waals surface area contributed by atoms with Gasteiger partial charge >= 0.3 is 0 Å². The molecular weight excluding hydrogens is 582 g/mol. The van der Waals surface area contributed by atoms with Crippen LogP contribution in [0.2, 0.25) is 20.6 Å². The van der Waals surface area contributed by atoms with Crippen LogP contribution >= 0.6 is 58.0 Å². The molecule has 0 bridgehead atoms. The molecule has 4 aromatic rings. The van der Waals surface area contributed by atoms with Crippen LogP contribution in [0.1, 0.15) is 45.6 Å². The molecule has 0 saturated carbocycles. The molecule has 4 rings (SSSR count). The fourth-order valence-electron chi connectivity index (χ4n) is 2.10. The van der Waals surface area contributed by atoms with Crippen LogP contribution in [0.15, 0.2) is 61.1 Å². The first-order chi connectivity index (χ1) is 21.6. The van der Waals surface area contributed by atoms with Crippen molar-refractivity contribution >= 4 is 80.5 Å². The van der Waals surface area contributed by atoms with E-state index in [-0.39, 0.29) is 38.0 Å². The normalized spacial score (nSPS) is 14.4. The Kier molecular flexibility index (Phi) is 7.24. The number of pyridine rings is 4. The highest BCUT2D eigenvalue weighted by Gasteiger charge is 2.14. The molecule has 0 fully saturated rings. The van der Waals surface area contributed by atoms with E-state index in [1.807, 2.05) is 0 Å². The monoisotopic (exact) mass is 608 g/mol. The minimum absolute atomic E-state index is 0.00297. The summed E-state index contributed by atoms with van der Waals surface area (Å²) in [4.78, 5) is 37.1. The van der Waals surface area contributed by atoms with E-state index in [1.54, 1.807) is 6.07 Å². The Morgan fingerprint density at radius 2 is 1.38 bits per heavy atom. The lowest BCUT2D eigenvalue weighted by molar-refractivity contribution is 0.102. The van der Waals surface area contributed by atoms with E-state index in [0.717, 1.165) is 0 Å². The lowest BCUT2D eigenvalue weighted by Gasteiger charge is -2.09. The Hall–Kier alpha value is -3.01. The molecule has 37 heavy (non-hydrogen) atoms. The van der Waals surface area contributed by atoms with E-state index in [1.165, 1.54) is 30.6 Å². The molecule has 0 spiro atoms. The van der Waals surface area contributed by atoms with Crippen molar-refractivity contribution in [2.75, 3.05) is 11.1 Å². The predicted molar refractivity (Wildman–Crippen MR) is 149 cm³/mol. The number of nitrogen functional groups attached to an aromatic ring is 1. The Bertz CT molecular complexity index is 1790. The average molecular weight is 611 g/mol. The summed E-state index contributed by atoms with van der Waals surface area (Å²) in [6.07, 6.45) is 1.79. The molecule has 3 N–H and O–H groups in total. The van der Waals surface area contributed by atoms with Crippen molar-refractivity contribution in [3.63, 3.8) is 0 Å². The van der Waals surface area contributed by atoms with Gasteiger partial charge in [0.2, 0.25) is 0 Å². The van der Waals surface area contributed by atoms with Crippen LogP contribution in [0.4, 0.5) is 11.4 Å². The van der Waals surface area contributed by atoms with Crippen LogP contribution in [0, 0.1) is 13.7 Å². The van der Waals surface area contributed by atoms with Crippen LogP contribution in [0.25, 0.3) is 0 Å². The number of nitrogens with zero attached hydrogens (tertiary/aromatic N) is 4. The van der Waals surface area contributed by atoms with E-state index in [2.05, 4.69) is 25.3 Å². The maximum absolute atomic E-state index is 12.2. The number of rotatable bonds is 3. The molecule has 0 radical (unpaired) electrons. The molecule has 0 aliphatic carbocycles. The van der Waals surface area contributed by atoms with Gasteiger partial charge in [0.15, 0.2) is 10.3 Å². The number of carbonyl (C=O) groups excluding carboxylic acids is 2. The molecule has 1 amide bonds. The molecule has 0 aromatic carbocycles. The van der Waals surface area contributed by atoms with Crippen molar-refractivity contribution < 1.29 is 23.3 Å². The third-order valence-corrected chi connectivity index (χ3v) is 5.20. The molecule has 4 heterocycles. The van der Waals surface area contributed by atoms with E-state index in [0.29, 0.717) is 0 Å². The third-order valence-electron chi connectivity index (χ3n) is 3.83. The second-order valence-electron chi connectivity index (χ2n) is 6.23. The number of hydrogen-bond acceptors (Lipinski definition) is 7. The number of carbonyl (C=O) groups is 2. The molecular formula is C24H19Cl5N6O2. The Morgan fingerprint density at radius 1 is 0.838 bits per heavy atom. The summed E-state index contributed by atoms with van der Waals surface area (Å²) in [6, 6.07) is 4.84. The first-order valence-corrected chi connectivity index (χ1v) is 11.3. The number of nitrogens with one attached hydrogen (secondary N) is 1. The Labute approximate surface area is 252 Å². The largest absolute Gasteiger partial charge is 0.396 e. The van der Waals surface area contributed by atoms with Gasteiger partial charge in [-0.15, -0.1) is 0 Å².